The highest BCUT2D eigenvalue weighted by Crippen LogP contribution is 2.24. The van der Waals surface area contributed by atoms with Crippen molar-refractivity contribution in [3.05, 3.63) is 76.5 Å². The first-order valence-corrected chi connectivity index (χ1v) is 10.5. The number of nitrogens with one attached hydrogen (secondary N) is 1. The lowest BCUT2D eigenvalue weighted by Gasteiger charge is -2.10. The number of hydrogen-bond donors (Lipinski definition) is 1. The fourth-order valence-electron chi connectivity index (χ4n) is 3.06. The SMILES string of the molecule is Cc1c(C(=O)NCc2ccccc2Cl)cnn1-c1ccc(-c2nc(C(C)(C)C)no2)cn1. The van der Waals surface area contributed by atoms with Crippen LogP contribution in [0.2, 0.25) is 5.02 Å². The fraction of sp³-hybridized carbons (Fsp3) is 0.261. The maximum Gasteiger partial charge on any atom is 0.259 e. The molecule has 0 atom stereocenters. The van der Waals surface area contributed by atoms with Gasteiger partial charge in [-0.05, 0) is 30.7 Å². The van der Waals surface area contributed by atoms with Crippen LogP contribution in [0.3, 0.4) is 0 Å². The van der Waals surface area contributed by atoms with Crippen molar-refractivity contribution in [2.45, 2.75) is 39.7 Å². The molecule has 0 bridgehead atoms. The van der Waals surface area contributed by atoms with Gasteiger partial charge in [0.2, 0.25) is 0 Å². The van der Waals surface area contributed by atoms with Gasteiger partial charge in [-0.3, -0.25) is 4.79 Å². The normalized spacial score (nSPS) is 11.5. The molecule has 4 rings (SSSR count). The van der Waals surface area contributed by atoms with E-state index in [9.17, 15) is 4.79 Å². The van der Waals surface area contributed by atoms with E-state index in [4.69, 9.17) is 16.1 Å². The minimum absolute atomic E-state index is 0.204. The van der Waals surface area contributed by atoms with Crippen LogP contribution in [-0.4, -0.2) is 30.8 Å². The Morgan fingerprint density at radius 3 is 2.59 bits per heavy atom. The quantitative estimate of drug-likeness (QED) is 0.480. The molecule has 0 radical (unpaired) electrons. The van der Waals surface area contributed by atoms with Crippen LogP contribution in [0, 0.1) is 6.92 Å². The molecule has 0 aliphatic carbocycles. The van der Waals surface area contributed by atoms with E-state index in [2.05, 4.69) is 25.5 Å². The molecule has 0 aliphatic rings. The van der Waals surface area contributed by atoms with E-state index in [0.29, 0.717) is 45.9 Å². The van der Waals surface area contributed by atoms with Crippen LogP contribution < -0.4 is 5.32 Å². The molecule has 1 aromatic carbocycles. The van der Waals surface area contributed by atoms with Crippen molar-refractivity contribution >= 4 is 17.5 Å². The number of rotatable bonds is 5. The number of aromatic nitrogens is 5. The van der Waals surface area contributed by atoms with Crippen LogP contribution in [-0.2, 0) is 12.0 Å². The van der Waals surface area contributed by atoms with Crippen molar-refractivity contribution in [2.75, 3.05) is 0 Å². The highest BCUT2D eigenvalue weighted by atomic mass is 35.5. The first kappa shape index (κ1) is 21.7. The molecule has 0 spiro atoms. The molecule has 0 saturated heterocycles. The minimum atomic E-state index is -0.231. The largest absolute Gasteiger partial charge is 0.348 e. The molecule has 0 saturated carbocycles. The van der Waals surface area contributed by atoms with Crippen LogP contribution in [0.25, 0.3) is 17.3 Å². The predicted octanol–water partition coefficient (Wildman–Crippen LogP) is 4.51. The van der Waals surface area contributed by atoms with Crippen LogP contribution in [0.4, 0.5) is 0 Å². The Labute approximate surface area is 190 Å². The van der Waals surface area contributed by atoms with E-state index >= 15 is 0 Å². The summed E-state index contributed by atoms with van der Waals surface area (Å²) in [6.07, 6.45) is 3.17. The summed E-state index contributed by atoms with van der Waals surface area (Å²) in [7, 11) is 0. The number of amides is 1. The second kappa shape index (κ2) is 8.55. The molecule has 3 aromatic heterocycles. The summed E-state index contributed by atoms with van der Waals surface area (Å²) in [5.74, 6) is 1.38. The van der Waals surface area contributed by atoms with E-state index in [1.165, 1.54) is 6.20 Å². The molecule has 0 unspecified atom stereocenters. The number of hydrogen-bond acceptors (Lipinski definition) is 6. The first-order valence-electron chi connectivity index (χ1n) is 10.1. The molecule has 3 heterocycles. The monoisotopic (exact) mass is 450 g/mol. The second-order valence-electron chi connectivity index (χ2n) is 8.41. The summed E-state index contributed by atoms with van der Waals surface area (Å²) in [5.41, 5.74) is 2.49. The van der Waals surface area contributed by atoms with Crippen molar-refractivity contribution in [3.8, 4) is 17.3 Å². The molecule has 1 amide bonds. The maximum absolute atomic E-state index is 12.7. The highest BCUT2D eigenvalue weighted by Gasteiger charge is 2.22. The number of nitrogens with zero attached hydrogens (tertiary/aromatic N) is 5. The molecule has 1 N–H and O–H groups in total. The standard InChI is InChI=1S/C23H23ClN6O2/c1-14-17(20(31)26-11-15-7-5-6-8-18(15)24)13-27-30(14)19-10-9-16(12-25-19)21-28-22(29-32-21)23(2,3)4/h5-10,12-13H,11H2,1-4H3,(H,26,31). The fourth-order valence-corrected chi connectivity index (χ4v) is 3.26. The zero-order valence-electron chi connectivity index (χ0n) is 18.3. The van der Waals surface area contributed by atoms with E-state index in [0.717, 1.165) is 5.56 Å². The lowest BCUT2D eigenvalue weighted by Crippen LogP contribution is -2.23. The van der Waals surface area contributed by atoms with Crippen molar-refractivity contribution < 1.29 is 9.32 Å². The summed E-state index contributed by atoms with van der Waals surface area (Å²) < 4.78 is 6.98. The number of carbonyl (C=O) groups is 1. The second-order valence-corrected chi connectivity index (χ2v) is 8.81. The van der Waals surface area contributed by atoms with Gasteiger partial charge in [-0.15, -0.1) is 0 Å². The van der Waals surface area contributed by atoms with E-state index in [-0.39, 0.29) is 11.3 Å². The molecule has 0 aliphatic heterocycles. The Balaban J connectivity index is 1.50. The van der Waals surface area contributed by atoms with Gasteiger partial charge in [0.15, 0.2) is 11.6 Å². The Morgan fingerprint density at radius 1 is 1.16 bits per heavy atom. The van der Waals surface area contributed by atoms with Gasteiger partial charge in [-0.25, -0.2) is 9.67 Å². The van der Waals surface area contributed by atoms with Gasteiger partial charge in [-0.1, -0.05) is 55.7 Å². The number of halogens is 1. The summed E-state index contributed by atoms with van der Waals surface area (Å²) >= 11 is 6.16. The zero-order chi connectivity index (χ0) is 22.9. The Morgan fingerprint density at radius 2 is 1.94 bits per heavy atom. The number of benzene rings is 1. The predicted molar refractivity (Wildman–Crippen MR) is 121 cm³/mol. The van der Waals surface area contributed by atoms with E-state index in [1.807, 2.05) is 52.0 Å². The third-order valence-electron chi connectivity index (χ3n) is 4.96. The zero-order valence-corrected chi connectivity index (χ0v) is 19.0. The van der Waals surface area contributed by atoms with Gasteiger partial charge in [0, 0.05) is 23.2 Å². The van der Waals surface area contributed by atoms with Crippen LogP contribution in [0.5, 0.6) is 0 Å². The molecule has 4 aromatic rings. The molecule has 32 heavy (non-hydrogen) atoms. The van der Waals surface area contributed by atoms with Gasteiger partial charge in [0.25, 0.3) is 11.8 Å². The smallest absolute Gasteiger partial charge is 0.259 e. The highest BCUT2D eigenvalue weighted by molar-refractivity contribution is 6.31. The number of pyridine rings is 1. The van der Waals surface area contributed by atoms with Gasteiger partial charge in [-0.2, -0.15) is 10.1 Å². The summed E-state index contributed by atoms with van der Waals surface area (Å²) in [6.45, 7) is 8.21. The maximum atomic E-state index is 12.7. The van der Waals surface area contributed by atoms with Gasteiger partial charge >= 0.3 is 0 Å². The topological polar surface area (TPSA) is 98.7 Å². The molecule has 164 valence electrons. The van der Waals surface area contributed by atoms with Crippen molar-refractivity contribution in [1.82, 2.24) is 30.2 Å². The lowest BCUT2D eigenvalue weighted by molar-refractivity contribution is 0.0950. The van der Waals surface area contributed by atoms with Crippen molar-refractivity contribution in [1.29, 1.82) is 0 Å². The van der Waals surface area contributed by atoms with E-state index < -0.39 is 0 Å². The Kier molecular flexibility index (Phi) is 5.80. The molecular weight excluding hydrogens is 428 g/mol. The summed E-state index contributed by atoms with van der Waals surface area (Å²) in [4.78, 5) is 21.6. The van der Waals surface area contributed by atoms with Crippen LogP contribution in [0.15, 0.2) is 53.3 Å². The first-order chi connectivity index (χ1) is 15.2. The molecule has 0 fully saturated rings. The van der Waals surface area contributed by atoms with Gasteiger partial charge < -0.3 is 9.84 Å². The third kappa shape index (κ3) is 4.40. The van der Waals surface area contributed by atoms with Crippen molar-refractivity contribution in [3.63, 3.8) is 0 Å². The summed E-state index contributed by atoms with van der Waals surface area (Å²) in [6, 6.07) is 11.0. The molecule has 9 heteroatoms. The number of carbonyl (C=O) groups excluding carboxylic acids is 1. The Bertz CT molecular complexity index is 1250. The average molecular weight is 451 g/mol. The summed E-state index contributed by atoms with van der Waals surface area (Å²) in [5, 5.41) is 11.9. The molecular formula is C23H23ClN6O2. The third-order valence-corrected chi connectivity index (χ3v) is 5.33. The van der Waals surface area contributed by atoms with Crippen molar-refractivity contribution in [2.24, 2.45) is 0 Å². The van der Waals surface area contributed by atoms with Gasteiger partial charge in [0.1, 0.15) is 0 Å². The van der Waals surface area contributed by atoms with Gasteiger partial charge in [0.05, 0.1) is 23.0 Å². The van der Waals surface area contributed by atoms with Crippen LogP contribution >= 0.6 is 11.6 Å². The average Bonchev–Trinajstić information content (AvgIpc) is 3.40. The minimum Gasteiger partial charge on any atom is -0.348 e. The van der Waals surface area contributed by atoms with Crippen LogP contribution in [0.1, 0.15) is 48.2 Å². The van der Waals surface area contributed by atoms with E-state index in [1.54, 1.807) is 23.0 Å². The Hall–Kier alpha value is -3.52. The lowest BCUT2D eigenvalue weighted by atomic mass is 9.96. The molecule has 8 nitrogen and oxygen atoms in total.